The molecule has 0 amide bonds. The van der Waals surface area contributed by atoms with Gasteiger partial charge in [0.1, 0.15) is 0 Å². The van der Waals surface area contributed by atoms with E-state index in [1.807, 2.05) is 17.1 Å². The fourth-order valence-electron chi connectivity index (χ4n) is 2.75. The number of nitrogens with one attached hydrogen (secondary N) is 1. The van der Waals surface area contributed by atoms with Crippen LogP contribution >= 0.6 is 0 Å². The molecular weight excluding hydrogens is 262 g/mol. The predicted octanol–water partition coefficient (Wildman–Crippen LogP) is 2.78. The van der Waals surface area contributed by atoms with Gasteiger partial charge in [-0.3, -0.25) is 0 Å². The molecule has 1 aromatic heterocycles. The molecule has 4 heteroatoms. The number of ether oxygens (including phenoxy) is 1. The number of imidazole rings is 1. The first kappa shape index (κ1) is 14.3. The Labute approximate surface area is 126 Å². The minimum atomic E-state index is 0.384. The van der Waals surface area contributed by atoms with Crippen LogP contribution in [0.1, 0.15) is 25.3 Å². The lowest BCUT2D eigenvalue weighted by molar-refractivity contribution is 0.0240. The smallest absolute Gasteiger partial charge is 0.0991 e. The van der Waals surface area contributed by atoms with Crippen molar-refractivity contribution in [2.45, 2.75) is 26.3 Å². The Kier molecular flexibility index (Phi) is 4.36. The van der Waals surface area contributed by atoms with Crippen molar-refractivity contribution in [3.8, 4) is 5.69 Å². The Hall–Kier alpha value is -1.65. The van der Waals surface area contributed by atoms with Gasteiger partial charge in [0.25, 0.3) is 0 Å². The van der Waals surface area contributed by atoms with Crippen molar-refractivity contribution in [2.75, 3.05) is 19.8 Å². The number of aromatic nitrogens is 2. The zero-order valence-corrected chi connectivity index (χ0v) is 12.6. The largest absolute Gasteiger partial charge is 0.381 e. The van der Waals surface area contributed by atoms with E-state index in [1.54, 1.807) is 6.20 Å². The molecule has 2 aromatic rings. The highest BCUT2D eigenvalue weighted by Gasteiger charge is 2.26. The number of hydrogen-bond acceptors (Lipinski definition) is 3. The van der Waals surface area contributed by atoms with Crippen LogP contribution < -0.4 is 5.32 Å². The number of benzene rings is 1. The first-order valence-corrected chi connectivity index (χ1v) is 7.61. The highest BCUT2D eigenvalue weighted by molar-refractivity contribution is 5.34. The van der Waals surface area contributed by atoms with Crippen molar-refractivity contribution in [1.29, 1.82) is 0 Å². The standard InChI is InChI=1S/C17H23N3O/c1-17(6-10-21-11-7-17)13-19-12-15-2-4-16(5-3-15)20-9-8-18-14-20/h2-5,8-9,14,19H,6-7,10-13H2,1H3. The molecule has 1 aliphatic rings. The van der Waals surface area contributed by atoms with E-state index in [4.69, 9.17) is 4.74 Å². The molecule has 4 nitrogen and oxygen atoms in total. The van der Waals surface area contributed by atoms with E-state index in [2.05, 4.69) is 41.5 Å². The summed E-state index contributed by atoms with van der Waals surface area (Å²) in [5.41, 5.74) is 2.84. The topological polar surface area (TPSA) is 39.1 Å². The highest BCUT2D eigenvalue weighted by atomic mass is 16.5. The molecule has 2 heterocycles. The lowest BCUT2D eigenvalue weighted by Crippen LogP contribution is -2.36. The van der Waals surface area contributed by atoms with Gasteiger partial charge in [0.05, 0.1) is 6.33 Å². The van der Waals surface area contributed by atoms with Crippen molar-refractivity contribution in [3.63, 3.8) is 0 Å². The molecule has 1 aliphatic heterocycles. The van der Waals surface area contributed by atoms with Gasteiger partial charge in [0.15, 0.2) is 0 Å². The summed E-state index contributed by atoms with van der Waals surface area (Å²) in [7, 11) is 0. The van der Waals surface area contributed by atoms with E-state index in [0.717, 1.165) is 44.8 Å². The summed E-state index contributed by atoms with van der Waals surface area (Å²) in [5, 5.41) is 3.59. The zero-order valence-electron chi connectivity index (χ0n) is 12.6. The molecule has 0 saturated carbocycles. The minimum absolute atomic E-state index is 0.384. The molecule has 3 rings (SSSR count). The van der Waals surface area contributed by atoms with E-state index < -0.39 is 0 Å². The lowest BCUT2D eigenvalue weighted by atomic mass is 9.82. The van der Waals surface area contributed by atoms with Crippen molar-refractivity contribution in [3.05, 3.63) is 48.5 Å². The fraction of sp³-hybridized carbons (Fsp3) is 0.471. The maximum absolute atomic E-state index is 5.44. The van der Waals surface area contributed by atoms with E-state index in [9.17, 15) is 0 Å². The molecule has 1 saturated heterocycles. The van der Waals surface area contributed by atoms with E-state index in [1.165, 1.54) is 5.56 Å². The minimum Gasteiger partial charge on any atom is -0.381 e. The van der Waals surface area contributed by atoms with Gasteiger partial charge in [-0.15, -0.1) is 0 Å². The molecule has 0 unspecified atom stereocenters. The molecule has 21 heavy (non-hydrogen) atoms. The summed E-state index contributed by atoms with van der Waals surface area (Å²) >= 11 is 0. The summed E-state index contributed by atoms with van der Waals surface area (Å²) in [4.78, 5) is 4.07. The van der Waals surface area contributed by atoms with Crippen LogP contribution in [0.4, 0.5) is 0 Å². The van der Waals surface area contributed by atoms with Crippen LogP contribution in [0.3, 0.4) is 0 Å². The van der Waals surface area contributed by atoms with Gasteiger partial charge in [-0.25, -0.2) is 4.98 Å². The van der Waals surface area contributed by atoms with Crippen molar-refractivity contribution < 1.29 is 4.74 Å². The Morgan fingerprint density at radius 3 is 2.67 bits per heavy atom. The quantitative estimate of drug-likeness (QED) is 0.918. The Balaban J connectivity index is 1.51. The van der Waals surface area contributed by atoms with Crippen LogP contribution in [-0.4, -0.2) is 29.3 Å². The zero-order chi connectivity index (χ0) is 14.5. The molecule has 112 valence electrons. The second-order valence-electron chi connectivity index (χ2n) is 6.16. The van der Waals surface area contributed by atoms with E-state index in [-0.39, 0.29) is 0 Å². The van der Waals surface area contributed by atoms with E-state index in [0.29, 0.717) is 5.41 Å². The molecule has 1 N–H and O–H groups in total. The molecule has 0 aliphatic carbocycles. The van der Waals surface area contributed by atoms with Gasteiger partial charge in [0, 0.05) is 44.4 Å². The Morgan fingerprint density at radius 1 is 1.24 bits per heavy atom. The van der Waals surface area contributed by atoms with Gasteiger partial charge >= 0.3 is 0 Å². The van der Waals surface area contributed by atoms with Gasteiger partial charge in [-0.05, 0) is 36.0 Å². The summed E-state index contributed by atoms with van der Waals surface area (Å²) < 4.78 is 7.46. The molecule has 0 bridgehead atoms. The fourth-order valence-corrected chi connectivity index (χ4v) is 2.75. The average molecular weight is 285 g/mol. The molecule has 1 fully saturated rings. The summed E-state index contributed by atoms with van der Waals surface area (Å²) in [6, 6.07) is 8.62. The number of hydrogen-bond donors (Lipinski definition) is 1. The summed E-state index contributed by atoms with van der Waals surface area (Å²) in [6.07, 6.45) is 7.88. The van der Waals surface area contributed by atoms with Crippen LogP contribution in [-0.2, 0) is 11.3 Å². The third-order valence-corrected chi connectivity index (χ3v) is 4.32. The van der Waals surface area contributed by atoms with Crippen LogP contribution in [0.2, 0.25) is 0 Å². The van der Waals surface area contributed by atoms with Crippen LogP contribution in [0.25, 0.3) is 5.69 Å². The normalized spacial score (nSPS) is 17.8. The van der Waals surface area contributed by atoms with Gasteiger partial charge in [-0.2, -0.15) is 0 Å². The Bertz CT molecular complexity index is 542. The van der Waals surface area contributed by atoms with Gasteiger partial charge in [0.2, 0.25) is 0 Å². The van der Waals surface area contributed by atoms with Gasteiger partial charge in [-0.1, -0.05) is 19.1 Å². The first-order valence-electron chi connectivity index (χ1n) is 7.61. The number of nitrogens with zero attached hydrogens (tertiary/aromatic N) is 2. The van der Waals surface area contributed by atoms with Crippen LogP contribution in [0.15, 0.2) is 43.0 Å². The van der Waals surface area contributed by atoms with Crippen LogP contribution in [0, 0.1) is 5.41 Å². The molecular formula is C17H23N3O. The monoisotopic (exact) mass is 285 g/mol. The summed E-state index contributed by atoms with van der Waals surface area (Å²) in [5.74, 6) is 0. The summed E-state index contributed by atoms with van der Waals surface area (Å²) in [6.45, 7) is 6.13. The highest BCUT2D eigenvalue weighted by Crippen LogP contribution is 2.28. The van der Waals surface area contributed by atoms with Crippen molar-refractivity contribution >= 4 is 0 Å². The van der Waals surface area contributed by atoms with Crippen molar-refractivity contribution in [2.24, 2.45) is 5.41 Å². The van der Waals surface area contributed by atoms with Crippen molar-refractivity contribution in [1.82, 2.24) is 14.9 Å². The first-order chi connectivity index (χ1) is 10.3. The SMILES string of the molecule is CC1(CNCc2ccc(-n3ccnc3)cc2)CCOCC1. The second kappa shape index (κ2) is 6.41. The molecule has 0 spiro atoms. The maximum Gasteiger partial charge on any atom is 0.0991 e. The lowest BCUT2D eigenvalue weighted by Gasteiger charge is -2.33. The third kappa shape index (κ3) is 3.71. The van der Waals surface area contributed by atoms with E-state index >= 15 is 0 Å². The second-order valence-corrected chi connectivity index (χ2v) is 6.16. The molecule has 0 radical (unpaired) electrons. The van der Waals surface area contributed by atoms with Gasteiger partial charge < -0.3 is 14.6 Å². The Morgan fingerprint density at radius 2 is 2.00 bits per heavy atom. The maximum atomic E-state index is 5.44. The molecule has 1 aromatic carbocycles. The predicted molar refractivity (Wildman–Crippen MR) is 83.4 cm³/mol. The molecule has 0 atom stereocenters. The average Bonchev–Trinajstić information content (AvgIpc) is 3.03. The van der Waals surface area contributed by atoms with Crippen LogP contribution in [0.5, 0.6) is 0 Å². The third-order valence-electron chi connectivity index (χ3n) is 4.32. The number of rotatable bonds is 5.